The Morgan fingerprint density at radius 3 is 2.45 bits per heavy atom. The van der Waals surface area contributed by atoms with E-state index in [0.717, 1.165) is 19.3 Å². The standard InChI is InChI=1S/C16H27NO5/c1-12(18)20-10-13-9-16(11-21-13)5-7-17(8-6-16)14(19)22-15(2,3)4/h13H,5-11H2,1-4H3/t13-/m0/s1. The van der Waals surface area contributed by atoms with Crippen LogP contribution in [-0.4, -0.2) is 55.0 Å². The highest BCUT2D eigenvalue weighted by Gasteiger charge is 2.43. The molecule has 0 radical (unpaired) electrons. The average Bonchev–Trinajstić information content (AvgIpc) is 2.78. The van der Waals surface area contributed by atoms with Crippen LogP contribution in [0.15, 0.2) is 0 Å². The summed E-state index contributed by atoms with van der Waals surface area (Å²) < 4.78 is 16.2. The molecule has 6 nitrogen and oxygen atoms in total. The maximum absolute atomic E-state index is 12.1. The van der Waals surface area contributed by atoms with E-state index in [0.29, 0.717) is 26.3 Å². The number of carbonyl (C=O) groups is 2. The van der Waals surface area contributed by atoms with E-state index in [2.05, 4.69) is 0 Å². The smallest absolute Gasteiger partial charge is 0.410 e. The number of likely N-dealkylation sites (tertiary alicyclic amines) is 1. The second-order valence-electron chi connectivity index (χ2n) is 7.41. The van der Waals surface area contributed by atoms with Crippen molar-refractivity contribution in [1.82, 2.24) is 4.90 Å². The summed E-state index contributed by atoms with van der Waals surface area (Å²) in [7, 11) is 0. The highest BCUT2D eigenvalue weighted by Crippen LogP contribution is 2.42. The summed E-state index contributed by atoms with van der Waals surface area (Å²) in [6.07, 6.45) is 2.45. The molecule has 2 aliphatic heterocycles. The lowest BCUT2D eigenvalue weighted by Crippen LogP contribution is -2.45. The van der Waals surface area contributed by atoms with E-state index in [1.165, 1.54) is 6.92 Å². The van der Waals surface area contributed by atoms with Gasteiger partial charge in [-0.3, -0.25) is 4.79 Å². The van der Waals surface area contributed by atoms with E-state index in [-0.39, 0.29) is 23.6 Å². The molecule has 2 aliphatic rings. The number of ether oxygens (including phenoxy) is 3. The lowest BCUT2D eigenvalue weighted by atomic mass is 9.77. The Morgan fingerprint density at radius 1 is 1.27 bits per heavy atom. The molecule has 1 amide bonds. The molecule has 2 rings (SSSR count). The van der Waals surface area contributed by atoms with Crippen LogP contribution in [0.3, 0.4) is 0 Å². The molecule has 2 fully saturated rings. The monoisotopic (exact) mass is 313 g/mol. The van der Waals surface area contributed by atoms with Crippen molar-refractivity contribution < 1.29 is 23.8 Å². The fourth-order valence-corrected chi connectivity index (χ4v) is 3.05. The predicted molar refractivity (Wildman–Crippen MR) is 80.5 cm³/mol. The fraction of sp³-hybridized carbons (Fsp3) is 0.875. The van der Waals surface area contributed by atoms with Crippen molar-refractivity contribution in [2.24, 2.45) is 5.41 Å². The van der Waals surface area contributed by atoms with Crippen LogP contribution in [0.25, 0.3) is 0 Å². The second-order valence-corrected chi connectivity index (χ2v) is 7.41. The van der Waals surface area contributed by atoms with Crippen molar-refractivity contribution in [3.63, 3.8) is 0 Å². The lowest BCUT2D eigenvalue weighted by Gasteiger charge is -2.38. The van der Waals surface area contributed by atoms with Gasteiger partial charge < -0.3 is 19.1 Å². The molecule has 0 aromatic carbocycles. The van der Waals surface area contributed by atoms with Crippen LogP contribution in [0.1, 0.15) is 47.0 Å². The molecule has 22 heavy (non-hydrogen) atoms. The average molecular weight is 313 g/mol. The maximum atomic E-state index is 12.1. The Kier molecular flexibility index (Phi) is 5.00. The first-order chi connectivity index (χ1) is 10.2. The molecule has 1 atom stereocenters. The second kappa shape index (κ2) is 6.44. The number of nitrogens with zero attached hydrogens (tertiary/aromatic N) is 1. The zero-order valence-corrected chi connectivity index (χ0v) is 14.0. The van der Waals surface area contributed by atoms with Crippen molar-refractivity contribution in [3.05, 3.63) is 0 Å². The zero-order chi connectivity index (χ0) is 16.4. The quantitative estimate of drug-likeness (QED) is 0.732. The predicted octanol–water partition coefficient (Wildman–Crippen LogP) is 2.36. The van der Waals surface area contributed by atoms with Gasteiger partial charge in [0.15, 0.2) is 0 Å². The first-order valence-corrected chi connectivity index (χ1v) is 7.92. The maximum Gasteiger partial charge on any atom is 0.410 e. The lowest BCUT2D eigenvalue weighted by molar-refractivity contribution is -0.144. The van der Waals surface area contributed by atoms with Crippen LogP contribution in [0.5, 0.6) is 0 Å². The van der Waals surface area contributed by atoms with Crippen LogP contribution in [-0.2, 0) is 19.0 Å². The van der Waals surface area contributed by atoms with Crippen molar-refractivity contribution in [3.8, 4) is 0 Å². The summed E-state index contributed by atoms with van der Waals surface area (Å²) >= 11 is 0. The molecular formula is C16H27NO5. The zero-order valence-electron chi connectivity index (χ0n) is 14.0. The SMILES string of the molecule is CC(=O)OC[C@@H]1CC2(CCN(C(=O)OC(C)(C)C)CC2)CO1. The van der Waals surface area contributed by atoms with Crippen LogP contribution < -0.4 is 0 Å². The van der Waals surface area contributed by atoms with E-state index in [1.807, 2.05) is 20.8 Å². The number of hydrogen-bond acceptors (Lipinski definition) is 5. The Balaban J connectivity index is 1.80. The van der Waals surface area contributed by atoms with Gasteiger partial charge in [-0.25, -0.2) is 4.79 Å². The van der Waals surface area contributed by atoms with Gasteiger partial charge in [0.25, 0.3) is 0 Å². The Bertz CT molecular complexity index is 421. The van der Waals surface area contributed by atoms with E-state index in [9.17, 15) is 9.59 Å². The van der Waals surface area contributed by atoms with Gasteiger partial charge >= 0.3 is 12.1 Å². The number of hydrogen-bond donors (Lipinski definition) is 0. The summed E-state index contributed by atoms with van der Waals surface area (Å²) in [5.74, 6) is -0.274. The van der Waals surface area contributed by atoms with E-state index < -0.39 is 5.60 Å². The molecule has 0 bridgehead atoms. The van der Waals surface area contributed by atoms with E-state index in [1.54, 1.807) is 4.90 Å². The molecule has 2 heterocycles. The summed E-state index contributed by atoms with van der Waals surface area (Å²) in [5, 5.41) is 0. The van der Waals surface area contributed by atoms with Gasteiger partial charge in [0.2, 0.25) is 0 Å². The molecule has 0 unspecified atom stereocenters. The molecule has 2 saturated heterocycles. The normalized spacial score (nSPS) is 24.4. The van der Waals surface area contributed by atoms with Gasteiger partial charge in [-0.2, -0.15) is 0 Å². The first kappa shape index (κ1) is 17.1. The Labute approximate surface area is 132 Å². The molecule has 1 spiro atoms. The minimum absolute atomic E-state index is 0.0167. The third kappa shape index (κ3) is 4.60. The summed E-state index contributed by atoms with van der Waals surface area (Å²) in [4.78, 5) is 24.7. The molecule has 0 N–H and O–H groups in total. The molecule has 0 aromatic heterocycles. The first-order valence-electron chi connectivity index (χ1n) is 7.92. The topological polar surface area (TPSA) is 65.1 Å². The summed E-state index contributed by atoms with van der Waals surface area (Å²) in [6.45, 7) is 9.43. The Morgan fingerprint density at radius 2 is 1.91 bits per heavy atom. The van der Waals surface area contributed by atoms with Gasteiger partial charge in [0.05, 0.1) is 12.7 Å². The number of piperidine rings is 1. The molecule has 6 heteroatoms. The number of esters is 1. The van der Waals surface area contributed by atoms with E-state index in [4.69, 9.17) is 14.2 Å². The third-order valence-electron chi connectivity index (χ3n) is 4.23. The van der Waals surface area contributed by atoms with Gasteiger partial charge in [0.1, 0.15) is 12.2 Å². The molecule has 0 aliphatic carbocycles. The summed E-state index contributed by atoms with van der Waals surface area (Å²) in [6, 6.07) is 0. The van der Waals surface area contributed by atoms with Crippen molar-refractivity contribution in [2.75, 3.05) is 26.3 Å². The number of carbonyl (C=O) groups excluding carboxylic acids is 2. The van der Waals surface area contributed by atoms with Gasteiger partial charge in [0, 0.05) is 20.0 Å². The van der Waals surface area contributed by atoms with Gasteiger partial charge in [-0.1, -0.05) is 0 Å². The van der Waals surface area contributed by atoms with Gasteiger partial charge in [-0.15, -0.1) is 0 Å². The van der Waals surface area contributed by atoms with Crippen LogP contribution in [0.4, 0.5) is 4.79 Å². The fourth-order valence-electron chi connectivity index (χ4n) is 3.05. The largest absolute Gasteiger partial charge is 0.463 e. The van der Waals surface area contributed by atoms with Crippen molar-refractivity contribution in [1.29, 1.82) is 0 Å². The summed E-state index contributed by atoms with van der Waals surface area (Å²) in [5.41, 5.74) is -0.346. The number of amides is 1. The van der Waals surface area contributed by atoms with Crippen molar-refractivity contribution in [2.45, 2.75) is 58.7 Å². The Hall–Kier alpha value is -1.30. The number of rotatable bonds is 2. The van der Waals surface area contributed by atoms with Gasteiger partial charge in [-0.05, 0) is 45.4 Å². The highest BCUT2D eigenvalue weighted by atomic mass is 16.6. The minimum Gasteiger partial charge on any atom is -0.463 e. The van der Waals surface area contributed by atoms with Crippen molar-refractivity contribution >= 4 is 12.1 Å². The highest BCUT2D eigenvalue weighted by molar-refractivity contribution is 5.68. The van der Waals surface area contributed by atoms with E-state index >= 15 is 0 Å². The third-order valence-corrected chi connectivity index (χ3v) is 4.23. The van der Waals surface area contributed by atoms with Crippen LogP contribution >= 0.6 is 0 Å². The minimum atomic E-state index is -0.461. The molecule has 126 valence electrons. The van der Waals surface area contributed by atoms with Crippen LogP contribution in [0.2, 0.25) is 0 Å². The molecule has 0 aromatic rings. The molecular weight excluding hydrogens is 286 g/mol. The van der Waals surface area contributed by atoms with Crippen LogP contribution in [0, 0.1) is 5.41 Å². The molecule has 0 saturated carbocycles.